The minimum atomic E-state index is -1.40. The maximum absolute atomic E-state index is 14.0. The Hall–Kier alpha value is -2.28. The van der Waals surface area contributed by atoms with E-state index in [0.29, 0.717) is 19.5 Å². The molecule has 1 aliphatic carbocycles. The van der Waals surface area contributed by atoms with Gasteiger partial charge in [-0.2, -0.15) is 0 Å². The van der Waals surface area contributed by atoms with Crippen LogP contribution in [0.1, 0.15) is 41.7 Å². The Morgan fingerprint density at radius 1 is 0.862 bits per heavy atom. The van der Waals surface area contributed by atoms with Gasteiger partial charge in [-0.15, -0.1) is 0 Å². The number of Topliss-reactive ketones (excluding diaryl/α,β-unsaturated/α-hetero) is 1. The van der Waals surface area contributed by atoms with Crippen molar-refractivity contribution in [2.75, 3.05) is 37.6 Å². The van der Waals surface area contributed by atoms with E-state index in [1.807, 2.05) is 12.3 Å². The lowest BCUT2D eigenvalue weighted by atomic mass is 9.97. The van der Waals surface area contributed by atoms with Crippen molar-refractivity contribution in [1.29, 1.82) is 0 Å². The zero-order valence-corrected chi connectivity index (χ0v) is 16.5. The van der Waals surface area contributed by atoms with Crippen molar-refractivity contribution in [2.24, 2.45) is 0 Å². The van der Waals surface area contributed by atoms with E-state index in [-0.39, 0.29) is 11.5 Å². The van der Waals surface area contributed by atoms with Gasteiger partial charge in [-0.25, -0.2) is 13.2 Å². The third-order valence-electron chi connectivity index (χ3n) is 6.05. The molecule has 2 aliphatic rings. The molecule has 156 valence electrons. The molecular formula is C22H26F3N3O. The summed E-state index contributed by atoms with van der Waals surface area (Å²) in [6, 6.07) is 4.24. The Bertz CT molecular complexity index is 888. The smallest absolute Gasteiger partial charge is 0.196 e. The number of aryl methyl sites for hydroxylation is 1. The van der Waals surface area contributed by atoms with Gasteiger partial charge in [0.2, 0.25) is 0 Å². The van der Waals surface area contributed by atoms with Gasteiger partial charge in [0.1, 0.15) is 0 Å². The molecule has 1 fully saturated rings. The fourth-order valence-corrected chi connectivity index (χ4v) is 4.39. The van der Waals surface area contributed by atoms with Crippen molar-refractivity contribution in [3.63, 3.8) is 0 Å². The van der Waals surface area contributed by atoms with Gasteiger partial charge in [0.15, 0.2) is 23.2 Å². The third kappa shape index (κ3) is 4.20. The molecule has 29 heavy (non-hydrogen) atoms. The maximum Gasteiger partial charge on any atom is 0.196 e. The monoisotopic (exact) mass is 405 g/mol. The number of aromatic nitrogens is 1. The predicted octanol–water partition coefficient (Wildman–Crippen LogP) is 4.03. The normalized spacial score (nSPS) is 17.6. The van der Waals surface area contributed by atoms with E-state index in [1.54, 1.807) is 4.90 Å². The molecule has 2 aromatic rings. The minimum Gasteiger partial charge on any atom is -0.367 e. The third-order valence-corrected chi connectivity index (χ3v) is 6.05. The fraction of sp³-hybridized carbons (Fsp3) is 0.500. The standard InChI is InChI=1S/C22H26F3N3O/c23-17-6-7-19(22(25)21(17)24)28-14-12-26(13-15-28)9-1-2-10-27-11-8-16-18(27)4-3-5-20(16)29/h6-8,11H,1-5,9-10,12-15H2. The molecule has 0 spiro atoms. The van der Waals surface area contributed by atoms with E-state index in [1.165, 1.54) is 11.8 Å². The predicted molar refractivity (Wildman–Crippen MR) is 106 cm³/mol. The van der Waals surface area contributed by atoms with Crippen LogP contribution in [0, 0.1) is 17.5 Å². The van der Waals surface area contributed by atoms with Crippen LogP contribution in [0.3, 0.4) is 0 Å². The zero-order valence-electron chi connectivity index (χ0n) is 16.5. The number of ketones is 1. The summed E-state index contributed by atoms with van der Waals surface area (Å²) in [5, 5.41) is 0. The first-order valence-electron chi connectivity index (χ1n) is 10.4. The fourth-order valence-electron chi connectivity index (χ4n) is 4.39. The summed E-state index contributed by atoms with van der Waals surface area (Å²) in [4.78, 5) is 16.0. The Balaban J connectivity index is 1.22. The summed E-state index contributed by atoms with van der Waals surface area (Å²) in [7, 11) is 0. The maximum atomic E-state index is 14.0. The number of benzene rings is 1. The number of carbonyl (C=O) groups excluding carboxylic acids is 1. The second-order valence-electron chi connectivity index (χ2n) is 7.88. The van der Waals surface area contributed by atoms with E-state index in [0.717, 1.165) is 63.5 Å². The van der Waals surface area contributed by atoms with Gasteiger partial charge in [-0.3, -0.25) is 9.69 Å². The van der Waals surface area contributed by atoms with Gasteiger partial charge in [-0.1, -0.05) is 0 Å². The number of unbranched alkanes of at least 4 members (excludes halogenated alkanes) is 1. The molecule has 0 amide bonds. The average Bonchev–Trinajstić information content (AvgIpc) is 3.15. The van der Waals surface area contributed by atoms with Gasteiger partial charge in [-0.05, 0) is 50.4 Å². The minimum absolute atomic E-state index is 0.135. The van der Waals surface area contributed by atoms with Crippen LogP contribution in [0.5, 0.6) is 0 Å². The zero-order chi connectivity index (χ0) is 20.4. The Morgan fingerprint density at radius 2 is 1.62 bits per heavy atom. The van der Waals surface area contributed by atoms with Crippen molar-refractivity contribution in [3.05, 3.63) is 53.1 Å². The molecule has 1 aromatic heterocycles. The van der Waals surface area contributed by atoms with Gasteiger partial charge in [0.05, 0.1) is 5.69 Å². The molecular weight excluding hydrogens is 379 g/mol. The van der Waals surface area contributed by atoms with E-state index in [9.17, 15) is 18.0 Å². The van der Waals surface area contributed by atoms with Crippen molar-refractivity contribution < 1.29 is 18.0 Å². The Labute approximate surface area is 168 Å². The van der Waals surface area contributed by atoms with Gasteiger partial charge >= 0.3 is 0 Å². The van der Waals surface area contributed by atoms with Crippen LogP contribution in [-0.2, 0) is 13.0 Å². The molecule has 2 heterocycles. The molecule has 0 radical (unpaired) electrons. The highest BCUT2D eigenvalue weighted by molar-refractivity contribution is 5.98. The molecule has 0 atom stereocenters. The number of hydrogen-bond donors (Lipinski definition) is 0. The van der Waals surface area contributed by atoms with E-state index < -0.39 is 17.5 Å². The highest BCUT2D eigenvalue weighted by Crippen LogP contribution is 2.25. The van der Waals surface area contributed by atoms with E-state index in [4.69, 9.17) is 0 Å². The number of halogens is 3. The number of carbonyl (C=O) groups is 1. The summed E-state index contributed by atoms with van der Waals surface area (Å²) in [6.45, 7) is 4.60. The molecule has 0 saturated carbocycles. The second-order valence-corrected chi connectivity index (χ2v) is 7.88. The molecule has 1 aliphatic heterocycles. The molecule has 0 N–H and O–H groups in total. The topological polar surface area (TPSA) is 28.5 Å². The highest BCUT2D eigenvalue weighted by Gasteiger charge is 2.23. The van der Waals surface area contributed by atoms with Crippen LogP contribution in [-0.4, -0.2) is 48.0 Å². The number of nitrogens with zero attached hydrogens (tertiary/aromatic N) is 3. The van der Waals surface area contributed by atoms with E-state index in [2.05, 4.69) is 9.47 Å². The number of fused-ring (bicyclic) bond motifs is 1. The summed E-state index contributed by atoms with van der Waals surface area (Å²) in [6.07, 6.45) is 6.70. The number of anilines is 1. The summed E-state index contributed by atoms with van der Waals surface area (Å²) in [5.41, 5.74) is 2.22. The number of rotatable bonds is 6. The molecule has 7 heteroatoms. The van der Waals surface area contributed by atoms with Crippen LogP contribution < -0.4 is 4.90 Å². The molecule has 0 unspecified atom stereocenters. The first-order valence-corrected chi connectivity index (χ1v) is 10.4. The molecule has 4 rings (SSSR count). The van der Waals surface area contributed by atoms with Crippen LogP contribution in [0.4, 0.5) is 18.9 Å². The first-order chi connectivity index (χ1) is 14.0. The number of piperazine rings is 1. The van der Waals surface area contributed by atoms with Crippen molar-refractivity contribution in [3.8, 4) is 0 Å². The van der Waals surface area contributed by atoms with Crippen molar-refractivity contribution in [1.82, 2.24) is 9.47 Å². The second kappa shape index (κ2) is 8.61. The van der Waals surface area contributed by atoms with Crippen LogP contribution in [0.15, 0.2) is 24.4 Å². The largest absolute Gasteiger partial charge is 0.367 e. The van der Waals surface area contributed by atoms with Gasteiger partial charge < -0.3 is 9.47 Å². The van der Waals surface area contributed by atoms with Crippen molar-refractivity contribution in [2.45, 2.75) is 38.6 Å². The number of hydrogen-bond acceptors (Lipinski definition) is 3. The molecule has 4 nitrogen and oxygen atoms in total. The Morgan fingerprint density at radius 3 is 2.41 bits per heavy atom. The van der Waals surface area contributed by atoms with Crippen LogP contribution >= 0.6 is 0 Å². The van der Waals surface area contributed by atoms with Crippen LogP contribution in [0.25, 0.3) is 0 Å². The van der Waals surface area contributed by atoms with Gasteiger partial charge in [0.25, 0.3) is 0 Å². The highest BCUT2D eigenvalue weighted by atomic mass is 19.2. The van der Waals surface area contributed by atoms with Crippen LogP contribution in [0.2, 0.25) is 0 Å². The van der Waals surface area contributed by atoms with Gasteiger partial charge in [0, 0.05) is 56.6 Å². The lowest BCUT2D eigenvalue weighted by Gasteiger charge is -2.36. The molecule has 1 saturated heterocycles. The summed E-state index contributed by atoms with van der Waals surface area (Å²) >= 11 is 0. The lowest BCUT2D eigenvalue weighted by molar-refractivity contribution is 0.0971. The lowest BCUT2D eigenvalue weighted by Crippen LogP contribution is -2.47. The SMILES string of the molecule is O=C1CCCc2c1ccn2CCCCN1CCN(c2ccc(F)c(F)c2F)CC1. The quantitative estimate of drug-likeness (QED) is 0.537. The molecule has 0 bridgehead atoms. The first kappa shape index (κ1) is 20.0. The van der Waals surface area contributed by atoms with E-state index >= 15 is 0 Å². The van der Waals surface area contributed by atoms with Crippen molar-refractivity contribution >= 4 is 11.5 Å². The average molecular weight is 405 g/mol. The Kier molecular flexibility index (Phi) is 5.94. The summed E-state index contributed by atoms with van der Waals surface area (Å²) in [5.74, 6) is -3.40. The summed E-state index contributed by atoms with van der Waals surface area (Å²) < 4.78 is 42.8. The molecule has 1 aromatic carbocycles.